The van der Waals surface area contributed by atoms with Crippen molar-refractivity contribution in [1.29, 1.82) is 0 Å². The molecule has 28 heavy (non-hydrogen) atoms. The molecule has 0 saturated heterocycles. The van der Waals surface area contributed by atoms with E-state index in [1.165, 1.54) is 0 Å². The van der Waals surface area contributed by atoms with Gasteiger partial charge in [0.15, 0.2) is 0 Å². The maximum atomic E-state index is 10.6. The number of phenolic OH excluding ortho intramolecular Hbond substituents is 1. The number of benzene rings is 1. The van der Waals surface area contributed by atoms with Crippen LogP contribution in [0.2, 0.25) is 0 Å². The van der Waals surface area contributed by atoms with Crippen LogP contribution in [0.25, 0.3) is 11.1 Å². The fourth-order valence-corrected chi connectivity index (χ4v) is 3.17. The van der Waals surface area contributed by atoms with Crippen molar-refractivity contribution in [3.05, 3.63) is 32.3 Å². The standard InChI is InChI=1S/C18H8B9O/c1-2-8(19)12(21)13(22)9(20)5-6-3-4-7(18(26)27)11-10(6)14(23)15(24)16(25)17(11)28/h1,28H,3-5H2/b12-8-,13-9-. The molecule has 0 aromatic heterocycles. The van der Waals surface area contributed by atoms with E-state index in [-0.39, 0.29) is 55.8 Å². The summed E-state index contributed by atoms with van der Waals surface area (Å²) in [6.45, 7) is 0. The van der Waals surface area contributed by atoms with Crippen LogP contribution in [0, 0.1) is 12.3 Å². The third-order valence-corrected chi connectivity index (χ3v) is 4.76. The Bertz CT molecular complexity index is 1100. The molecule has 1 N–H and O–H groups in total. The molecule has 1 aliphatic rings. The Balaban J connectivity index is 2.88. The van der Waals surface area contributed by atoms with Gasteiger partial charge in [0.05, 0.1) is 0 Å². The van der Waals surface area contributed by atoms with Crippen LogP contribution in [0.5, 0.6) is 5.75 Å². The second-order valence-electron chi connectivity index (χ2n) is 6.46. The van der Waals surface area contributed by atoms with Crippen molar-refractivity contribution in [3.8, 4) is 18.1 Å². The topological polar surface area (TPSA) is 20.2 Å². The van der Waals surface area contributed by atoms with Gasteiger partial charge in [-0.05, 0) is 0 Å². The van der Waals surface area contributed by atoms with Crippen LogP contribution in [0.4, 0.5) is 0 Å². The predicted octanol–water partition coefficient (Wildman–Crippen LogP) is -4.54. The van der Waals surface area contributed by atoms with E-state index in [0.717, 1.165) is 5.57 Å². The number of rotatable bonds is 4. The summed E-state index contributed by atoms with van der Waals surface area (Å²) >= 11 is 0. The van der Waals surface area contributed by atoms with Crippen LogP contribution in [0.1, 0.15) is 19.3 Å². The molecule has 1 nitrogen and oxygen atoms in total. The zero-order valence-corrected chi connectivity index (χ0v) is 15.3. The SMILES string of the molecule is [B]C(=[B])C1=c2c(O)c([B])c([B])c([B])c2=C(C/C([B])=C([B])\C([B])=C(\[B])C#C)CC1. The van der Waals surface area contributed by atoms with Crippen LogP contribution in [-0.4, -0.2) is 80.7 Å². The molecule has 1 aromatic carbocycles. The number of hydrogen-bond acceptors (Lipinski definition) is 1. The fourth-order valence-electron chi connectivity index (χ4n) is 3.17. The molecule has 0 fully saturated rings. The Morgan fingerprint density at radius 3 is 2.04 bits per heavy atom. The van der Waals surface area contributed by atoms with E-state index < -0.39 is 0 Å². The summed E-state index contributed by atoms with van der Waals surface area (Å²) < 4.78 is 0. The number of terminal acetylenes is 1. The van der Waals surface area contributed by atoms with E-state index in [4.69, 9.17) is 76.7 Å². The van der Waals surface area contributed by atoms with Gasteiger partial charge in [-0.2, -0.15) is 0 Å². The van der Waals surface area contributed by atoms with E-state index in [1.54, 1.807) is 0 Å². The number of hydrogen-bond donors (Lipinski definition) is 1. The van der Waals surface area contributed by atoms with Crippen molar-refractivity contribution < 1.29 is 5.11 Å². The molecule has 0 bridgehead atoms. The van der Waals surface area contributed by atoms with Gasteiger partial charge in [0.2, 0.25) is 0 Å². The van der Waals surface area contributed by atoms with E-state index in [0.29, 0.717) is 28.9 Å². The molecule has 0 atom stereocenters. The van der Waals surface area contributed by atoms with Crippen molar-refractivity contribution in [1.82, 2.24) is 0 Å². The van der Waals surface area contributed by atoms with Gasteiger partial charge in [0, 0.05) is 0 Å². The Hall–Kier alpha value is -1.75. The molecule has 0 saturated carbocycles. The van der Waals surface area contributed by atoms with E-state index in [1.807, 2.05) is 0 Å². The van der Waals surface area contributed by atoms with Gasteiger partial charge in [-0.25, -0.2) is 0 Å². The summed E-state index contributed by atoms with van der Waals surface area (Å²) in [5, 5.41) is 11.4. The zero-order valence-electron chi connectivity index (χ0n) is 15.3. The molecular formula is C18H8B9O. The van der Waals surface area contributed by atoms with Crippen LogP contribution in [0.15, 0.2) is 21.9 Å². The molecule has 0 amide bonds. The van der Waals surface area contributed by atoms with Crippen molar-refractivity contribution >= 4 is 103 Å². The Morgan fingerprint density at radius 1 is 0.893 bits per heavy atom. The van der Waals surface area contributed by atoms with Gasteiger partial charge in [0.25, 0.3) is 0 Å². The molecule has 1 aliphatic carbocycles. The third-order valence-electron chi connectivity index (χ3n) is 4.76. The summed E-state index contributed by atoms with van der Waals surface area (Å²) in [5.74, 6) is 1.96. The molecule has 113 valence electrons. The summed E-state index contributed by atoms with van der Waals surface area (Å²) in [5.41, 5.74) is 1.77. The number of aromatic hydroxyl groups is 1. The van der Waals surface area contributed by atoms with Gasteiger partial charge >= 0.3 is 178 Å². The molecule has 0 aliphatic heterocycles. The quantitative estimate of drug-likeness (QED) is 0.333. The molecular weight excluding hydrogens is 330 g/mol. The Kier molecular flexibility index (Phi) is 7.03. The van der Waals surface area contributed by atoms with Crippen molar-refractivity contribution in [2.45, 2.75) is 19.3 Å². The van der Waals surface area contributed by atoms with Crippen LogP contribution in [0.3, 0.4) is 0 Å². The summed E-state index contributed by atoms with van der Waals surface area (Å²) in [7, 11) is 53.2. The van der Waals surface area contributed by atoms with E-state index in [2.05, 4.69) is 5.92 Å². The normalized spacial score (nSPS) is 15.2. The van der Waals surface area contributed by atoms with Gasteiger partial charge in [-0.1, -0.05) is 0 Å². The summed E-state index contributed by atoms with van der Waals surface area (Å²) in [6, 6.07) is 0. The number of fused-ring (bicyclic) bond motifs is 1. The Labute approximate surface area is 177 Å². The second kappa shape index (κ2) is 8.73. The minimum absolute atomic E-state index is 0.0102. The average molecular weight is 338 g/mol. The first-order valence-corrected chi connectivity index (χ1v) is 8.27. The summed E-state index contributed by atoms with van der Waals surface area (Å²) in [4.78, 5) is 0. The zero-order chi connectivity index (χ0) is 21.3. The Morgan fingerprint density at radius 2 is 1.50 bits per heavy atom. The first kappa shape index (κ1) is 22.5. The van der Waals surface area contributed by atoms with Crippen LogP contribution in [-0.2, 0) is 0 Å². The molecule has 1 aromatic rings. The average Bonchev–Trinajstić information content (AvgIpc) is 2.67. The molecule has 10 heteroatoms. The van der Waals surface area contributed by atoms with Gasteiger partial charge < -0.3 is 0 Å². The van der Waals surface area contributed by atoms with Gasteiger partial charge in [-0.3, -0.25) is 0 Å². The van der Waals surface area contributed by atoms with E-state index in [9.17, 15) is 5.11 Å². The van der Waals surface area contributed by atoms with Crippen LogP contribution >= 0.6 is 0 Å². The third kappa shape index (κ3) is 4.00. The monoisotopic (exact) mass is 339 g/mol. The summed E-state index contributed by atoms with van der Waals surface area (Å²) in [6.07, 6.45) is 6.35. The first-order valence-electron chi connectivity index (χ1n) is 8.27. The second-order valence-corrected chi connectivity index (χ2v) is 6.46. The molecule has 2 rings (SSSR count). The van der Waals surface area contributed by atoms with Crippen molar-refractivity contribution in [3.63, 3.8) is 0 Å². The van der Waals surface area contributed by atoms with Crippen molar-refractivity contribution in [2.75, 3.05) is 0 Å². The number of phenols is 1. The minimum atomic E-state index is -0.242. The van der Waals surface area contributed by atoms with Gasteiger partial charge in [-0.15, -0.1) is 0 Å². The van der Waals surface area contributed by atoms with E-state index >= 15 is 0 Å². The molecule has 0 heterocycles. The van der Waals surface area contributed by atoms with Crippen molar-refractivity contribution in [2.24, 2.45) is 0 Å². The number of allylic oxidation sites excluding steroid dienone is 4. The molecule has 0 spiro atoms. The van der Waals surface area contributed by atoms with Crippen LogP contribution < -0.4 is 26.8 Å². The molecule has 17 radical (unpaired) electrons. The molecule has 0 unspecified atom stereocenters. The maximum absolute atomic E-state index is 10.6. The van der Waals surface area contributed by atoms with Gasteiger partial charge in [0.1, 0.15) is 0 Å². The first-order chi connectivity index (χ1) is 13.0. The predicted molar refractivity (Wildman–Crippen MR) is 127 cm³/mol. The fraction of sp³-hybridized carbons (Fsp3) is 0.167.